The maximum absolute atomic E-state index is 12.8. The van der Waals surface area contributed by atoms with Crippen molar-refractivity contribution in [2.75, 3.05) is 47.6 Å². The summed E-state index contributed by atoms with van der Waals surface area (Å²) in [6, 6.07) is 10.9. The Morgan fingerprint density at radius 2 is 1.90 bits per heavy atom. The molecule has 1 saturated heterocycles. The lowest BCUT2D eigenvalue weighted by Gasteiger charge is -2.27. The van der Waals surface area contributed by atoms with Gasteiger partial charge in [-0.3, -0.25) is 4.79 Å². The second-order valence-corrected chi connectivity index (χ2v) is 6.91. The molecule has 154 valence electrons. The van der Waals surface area contributed by atoms with Gasteiger partial charge in [-0.15, -0.1) is 0 Å². The third-order valence-electron chi connectivity index (χ3n) is 4.78. The molecular formula is C21H23N7O2. The number of hydrogen-bond donors (Lipinski definition) is 3. The van der Waals surface area contributed by atoms with Gasteiger partial charge in [0, 0.05) is 42.4 Å². The van der Waals surface area contributed by atoms with E-state index < -0.39 is 0 Å². The van der Waals surface area contributed by atoms with E-state index in [-0.39, 0.29) is 11.9 Å². The second kappa shape index (κ2) is 8.75. The van der Waals surface area contributed by atoms with Gasteiger partial charge in [0.1, 0.15) is 11.6 Å². The van der Waals surface area contributed by atoms with Crippen LogP contribution in [-0.4, -0.2) is 47.2 Å². The van der Waals surface area contributed by atoms with E-state index in [0.29, 0.717) is 30.3 Å². The zero-order chi connectivity index (χ0) is 20.9. The van der Waals surface area contributed by atoms with E-state index in [4.69, 9.17) is 10.5 Å². The summed E-state index contributed by atoms with van der Waals surface area (Å²) in [4.78, 5) is 27.4. The summed E-state index contributed by atoms with van der Waals surface area (Å²) < 4.78 is 5.38. The molecule has 0 saturated carbocycles. The Balaban J connectivity index is 1.49. The van der Waals surface area contributed by atoms with Crippen LogP contribution in [-0.2, 0) is 4.74 Å². The van der Waals surface area contributed by atoms with Gasteiger partial charge in [-0.25, -0.2) is 9.97 Å². The van der Waals surface area contributed by atoms with Gasteiger partial charge in [0.05, 0.1) is 13.2 Å². The number of carbonyl (C=O) groups is 1. The van der Waals surface area contributed by atoms with Crippen LogP contribution in [0.2, 0.25) is 0 Å². The van der Waals surface area contributed by atoms with Gasteiger partial charge in [0.25, 0.3) is 5.91 Å². The summed E-state index contributed by atoms with van der Waals surface area (Å²) in [5.41, 5.74) is 8.67. The summed E-state index contributed by atoms with van der Waals surface area (Å²) in [6.45, 7) is 4.82. The molecule has 0 atom stereocenters. The van der Waals surface area contributed by atoms with Gasteiger partial charge in [0.15, 0.2) is 0 Å². The van der Waals surface area contributed by atoms with E-state index in [9.17, 15) is 4.79 Å². The quantitative estimate of drug-likeness (QED) is 0.593. The van der Waals surface area contributed by atoms with Gasteiger partial charge in [-0.1, -0.05) is 6.07 Å². The molecule has 4 rings (SSSR count). The van der Waals surface area contributed by atoms with Crippen molar-refractivity contribution >= 4 is 34.9 Å². The molecule has 0 bridgehead atoms. The van der Waals surface area contributed by atoms with Crippen LogP contribution >= 0.6 is 0 Å². The number of nitrogens with one attached hydrogen (secondary N) is 2. The van der Waals surface area contributed by atoms with E-state index in [1.54, 1.807) is 30.6 Å². The number of carbonyl (C=O) groups excluding carboxylic acids is 1. The Bertz CT molecular complexity index is 1050. The Morgan fingerprint density at radius 3 is 2.70 bits per heavy atom. The highest BCUT2D eigenvalue weighted by Crippen LogP contribution is 2.24. The zero-order valence-electron chi connectivity index (χ0n) is 16.6. The number of nitrogen functional groups attached to an aromatic ring is 1. The number of benzene rings is 1. The smallest absolute Gasteiger partial charge is 0.255 e. The molecule has 0 aliphatic carbocycles. The maximum atomic E-state index is 12.8. The van der Waals surface area contributed by atoms with Gasteiger partial charge >= 0.3 is 0 Å². The molecule has 30 heavy (non-hydrogen) atoms. The number of ether oxygens (including phenoxy) is 1. The minimum absolute atomic E-state index is 0.191. The Labute approximate surface area is 174 Å². The molecule has 1 aliphatic rings. The second-order valence-electron chi connectivity index (χ2n) is 6.91. The first kappa shape index (κ1) is 19.6. The molecule has 3 heterocycles. The summed E-state index contributed by atoms with van der Waals surface area (Å²) >= 11 is 0. The van der Waals surface area contributed by atoms with Crippen molar-refractivity contribution in [2.45, 2.75) is 6.92 Å². The number of pyridine rings is 1. The van der Waals surface area contributed by atoms with Crippen molar-refractivity contribution in [3.8, 4) is 0 Å². The molecule has 1 aliphatic heterocycles. The van der Waals surface area contributed by atoms with Gasteiger partial charge in [0.2, 0.25) is 5.95 Å². The maximum Gasteiger partial charge on any atom is 0.255 e. The molecule has 0 spiro atoms. The lowest BCUT2D eigenvalue weighted by Crippen LogP contribution is -2.36. The standard InChI is InChI=1S/C21H23N7O2/c1-14-2-3-16(13-17(14)26-18-5-7-24-21(22)27-18)25-20(29)15-4-6-23-19(12-15)28-8-10-30-11-9-28/h2-7,12-13H,8-11H2,1H3,(H,25,29)(H3,22,24,26,27). The third-order valence-corrected chi connectivity index (χ3v) is 4.78. The lowest BCUT2D eigenvalue weighted by molar-refractivity contribution is 0.102. The summed E-state index contributed by atoms with van der Waals surface area (Å²) in [5.74, 6) is 1.35. The van der Waals surface area contributed by atoms with E-state index >= 15 is 0 Å². The third kappa shape index (κ3) is 4.64. The number of anilines is 5. The number of morpholine rings is 1. The van der Waals surface area contributed by atoms with Crippen molar-refractivity contribution in [1.29, 1.82) is 0 Å². The minimum atomic E-state index is -0.201. The van der Waals surface area contributed by atoms with Crippen LogP contribution in [0.3, 0.4) is 0 Å². The van der Waals surface area contributed by atoms with Gasteiger partial charge < -0.3 is 26.0 Å². The van der Waals surface area contributed by atoms with Crippen molar-refractivity contribution in [2.24, 2.45) is 0 Å². The van der Waals surface area contributed by atoms with Crippen molar-refractivity contribution < 1.29 is 9.53 Å². The summed E-state index contributed by atoms with van der Waals surface area (Å²) in [7, 11) is 0. The van der Waals surface area contributed by atoms with E-state index in [0.717, 1.165) is 30.2 Å². The number of hydrogen-bond acceptors (Lipinski definition) is 8. The van der Waals surface area contributed by atoms with Crippen LogP contribution < -0.4 is 21.3 Å². The number of aromatic nitrogens is 3. The van der Waals surface area contributed by atoms with E-state index in [1.165, 1.54) is 0 Å². The fraction of sp³-hybridized carbons (Fsp3) is 0.238. The summed E-state index contributed by atoms with van der Waals surface area (Å²) in [5, 5.41) is 6.15. The normalized spacial score (nSPS) is 13.7. The van der Waals surface area contributed by atoms with E-state index in [2.05, 4.69) is 30.5 Å². The zero-order valence-corrected chi connectivity index (χ0v) is 16.6. The monoisotopic (exact) mass is 405 g/mol. The highest BCUT2D eigenvalue weighted by atomic mass is 16.5. The number of nitrogens with two attached hydrogens (primary N) is 1. The van der Waals surface area contributed by atoms with Gasteiger partial charge in [-0.05, 0) is 42.8 Å². The predicted molar refractivity (Wildman–Crippen MR) is 116 cm³/mol. The Hall–Kier alpha value is -3.72. The first-order valence-corrected chi connectivity index (χ1v) is 9.65. The molecule has 1 aromatic carbocycles. The molecule has 1 amide bonds. The van der Waals surface area contributed by atoms with Crippen LogP contribution in [0.25, 0.3) is 0 Å². The van der Waals surface area contributed by atoms with Crippen LogP contribution in [0.1, 0.15) is 15.9 Å². The SMILES string of the molecule is Cc1ccc(NC(=O)c2ccnc(N3CCOCC3)c2)cc1Nc1ccnc(N)n1. The molecule has 9 heteroatoms. The first-order chi connectivity index (χ1) is 14.6. The topological polar surface area (TPSA) is 118 Å². The number of nitrogens with zero attached hydrogens (tertiary/aromatic N) is 4. The molecule has 3 aromatic rings. The largest absolute Gasteiger partial charge is 0.378 e. The van der Waals surface area contributed by atoms with Crippen LogP contribution in [0.4, 0.5) is 29.0 Å². The lowest BCUT2D eigenvalue weighted by atomic mass is 10.1. The molecule has 0 radical (unpaired) electrons. The minimum Gasteiger partial charge on any atom is -0.378 e. The fourth-order valence-corrected chi connectivity index (χ4v) is 3.14. The molecule has 0 unspecified atom stereocenters. The Kier molecular flexibility index (Phi) is 5.71. The van der Waals surface area contributed by atoms with Crippen molar-refractivity contribution in [1.82, 2.24) is 15.0 Å². The van der Waals surface area contributed by atoms with Crippen molar-refractivity contribution in [3.05, 3.63) is 59.9 Å². The van der Waals surface area contributed by atoms with Crippen molar-refractivity contribution in [3.63, 3.8) is 0 Å². The molecule has 4 N–H and O–H groups in total. The molecular weight excluding hydrogens is 382 g/mol. The highest BCUT2D eigenvalue weighted by Gasteiger charge is 2.15. The summed E-state index contributed by atoms with van der Waals surface area (Å²) in [6.07, 6.45) is 3.24. The fourth-order valence-electron chi connectivity index (χ4n) is 3.14. The number of amides is 1. The highest BCUT2D eigenvalue weighted by molar-refractivity contribution is 6.05. The average Bonchev–Trinajstić information content (AvgIpc) is 2.77. The van der Waals surface area contributed by atoms with E-state index in [1.807, 2.05) is 25.1 Å². The molecule has 2 aromatic heterocycles. The molecule has 1 fully saturated rings. The average molecular weight is 405 g/mol. The first-order valence-electron chi connectivity index (χ1n) is 9.65. The number of aryl methyl sites for hydroxylation is 1. The van der Waals surface area contributed by atoms with Crippen LogP contribution in [0.5, 0.6) is 0 Å². The number of rotatable bonds is 5. The Morgan fingerprint density at radius 1 is 1.10 bits per heavy atom. The van der Waals surface area contributed by atoms with Crippen LogP contribution in [0.15, 0.2) is 48.8 Å². The molecule has 9 nitrogen and oxygen atoms in total. The predicted octanol–water partition coefficient (Wildman–Crippen LogP) is 2.59. The van der Waals surface area contributed by atoms with Crippen LogP contribution in [0, 0.1) is 6.92 Å². The van der Waals surface area contributed by atoms with Gasteiger partial charge in [-0.2, -0.15) is 4.98 Å².